The van der Waals surface area contributed by atoms with E-state index in [1.165, 1.54) is 0 Å². The zero-order valence-corrected chi connectivity index (χ0v) is 8.09. The molecule has 0 spiro atoms. The van der Waals surface area contributed by atoms with Crippen LogP contribution in [0, 0.1) is 11.6 Å². The Balaban J connectivity index is 3.15. The SMILES string of the molecule is Fc1cc(Cl)c(C(Cl)C(F)F)cc1F. The van der Waals surface area contributed by atoms with Crippen LogP contribution >= 0.6 is 23.2 Å². The van der Waals surface area contributed by atoms with Gasteiger partial charge in [0.05, 0.1) is 0 Å². The van der Waals surface area contributed by atoms with E-state index < -0.39 is 23.4 Å². The Labute approximate surface area is 87.4 Å². The van der Waals surface area contributed by atoms with Crippen LogP contribution in [0.4, 0.5) is 17.6 Å². The number of benzene rings is 1. The molecule has 14 heavy (non-hydrogen) atoms. The molecule has 0 radical (unpaired) electrons. The van der Waals surface area contributed by atoms with Crippen LogP contribution in [-0.4, -0.2) is 6.43 Å². The van der Waals surface area contributed by atoms with Gasteiger partial charge in [-0.05, 0) is 17.7 Å². The third kappa shape index (κ3) is 2.30. The van der Waals surface area contributed by atoms with Crippen LogP contribution in [0.3, 0.4) is 0 Å². The number of hydrogen-bond donors (Lipinski definition) is 0. The Bertz CT molecular complexity index is 340. The molecule has 1 aromatic carbocycles. The first-order valence-electron chi connectivity index (χ1n) is 3.50. The van der Waals surface area contributed by atoms with Gasteiger partial charge < -0.3 is 0 Å². The van der Waals surface area contributed by atoms with Gasteiger partial charge in [0, 0.05) is 5.02 Å². The first kappa shape index (κ1) is 11.6. The van der Waals surface area contributed by atoms with E-state index in [2.05, 4.69) is 0 Å². The molecule has 0 aromatic heterocycles. The van der Waals surface area contributed by atoms with Crippen molar-refractivity contribution in [3.05, 3.63) is 34.4 Å². The van der Waals surface area contributed by atoms with E-state index in [9.17, 15) is 17.6 Å². The molecule has 1 unspecified atom stereocenters. The van der Waals surface area contributed by atoms with Crippen molar-refractivity contribution in [3.8, 4) is 0 Å². The molecule has 0 N–H and O–H groups in total. The van der Waals surface area contributed by atoms with E-state index in [1.807, 2.05) is 0 Å². The summed E-state index contributed by atoms with van der Waals surface area (Å²) in [6.07, 6.45) is -2.89. The lowest BCUT2D eigenvalue weighted by molar-refractivity contribution is 0.143. The minimum absolute atomic E-state index is 0.316. The monoisotopic (exact) mass is 246 g/mol. The van der Waals surface area contributed by atoms with Crippen molar-refractivity contribution < 1.29 is 17.6 Å². The van der Waals surface area contributed by atoms with Crippen LogP contribution in [-0.2, 0) is 0 Å². The topological polar surface area (TPSA) is 0 Å². The Morgan fingerprint density at radius 1 is 1.07 bits per heavy atom. The number of rotatable bonds is 2. The maximum Gasteiger partial charge on any atom is 0.258 e. The van der Waals surface area contributed by atoms with Crippen molar-refractivity contribution in [1.82, 2.24) is 0 Å². The molecule has 0 aliphatic rings. The fourth-order valence-corrected chi connectivity index (χ4v) is 1.39. The van der Waals surface area contributed by atoms with Crippen LogP contribution in [0.15, 0.2) is 12.1 Å². The summed E-state index contributed by atoms with van der Waals surface area (Å²) >= 11 is 10.7. The van der Waals surface area contributed by atoms with Crippen LogP contribution in [0.25, 0.3) is 0 Å². The number of alkyl halides is 3. The summed E-state index contributed by atoms with van der Waals surface area (Å²) in [5.74, 6) is -2.45. The molecule has 1 rings (SSSR count). The first-order valence-corrected chi connectivity index (χ1v) is 4.31. The highest BCUT2D eigenvalue weighted by atomic mass is 35.5. The predicted molar refractivity (Wildman–Crippen MR) is 46.0 cm³/mol. The average Bonchev–Trinajstić information content (AvgIpc) is 2.10. The maximum absolute atomic E-state index is 12.6. The molecule has 0 bridgehead atoms. The number of halogens is 6. The highest BCUT2D eigenvalue weighted by Gasteiger charge is 2.23. The van der Waals surface area contributed by atoms with Gasteiger partial charge in [0.25, 0.3) is 6.43 Å². The molecular weight excluding hydrogens is 243 g/mol. The summed E-state index contributed by atoms with van der Waals surface area (Å²) in [4.78, 5) is 0. The summed E-state index contributed by atoms with van der Waals surface area (Å²) in [7, 11) is 0. The van der Waals surface area contributed by atoms with Gasteiger partial charge in [-0.2, -0.15) is 0 Å². The highest BCUT2D eigenvalue weighted by molar-refractivity contribution is 6.32. The van der Waals surface area contributed by atoms with Crippen LogP contribution in [0.5, 0.6) is 0 Å². The second kappa shape index (κ2) is 4.36. The van der Waals surface area contributed by atoms with Gasteiger partial charge in [-0.1, -0.05) is 11.6 Å². The normalized spacial score (nSPS) is 13.4. The van der Waals surface area contributed by atoms with E-state index in [0.717, 1.165) is 0 Å². The van der Waals surface area contributed by atoms with Crippen molar-refractivity contribution in [1.29, 1.82) is 0 Å². The van der Waals surface area contributed by atoms with Gasteiger partial charge in [0.1, 0.15) is 5.38 Å². The van der Waals surface area contributed by atoms with E-state index >= 15 is 0 Å². The molecule has 0 aliphatic heterocycles. The van der Waals surface area contributed by atoms with Gasteiger partial charge in [0.15, 0.2) is 11.6 Å². The molecule has 1 aromatic rings. The first-order chi connectivity index (χ1) is 6.43. The summed E-state index contributed by atoms with van der Waals surface area (Å²) in [5, 5.41) is -2.05. The molecule has 78 valence electrons. The Kier molecular flexibility index (Phi) is 3.61. The van der Waals surface area contributed by atoms with Crippen molar-refractivity contribution in [2.24, 2.45) is 0 Å². The lowest BCUT2D eigenvalue weighted by Gasteiger charge is -2.10. The van der Waals surface area contributed by atoms with Crippen molar-refractivity contribution in [2.75, 3.05) is 0 Å². The average molecular weight is 247 g/mol. The molecule has 0 aliphatic carbocycles. The van der Waals surface area contributed by atoms with E-state index in [4.69, 9.17) is 23.2 Å². The lowest BCUT2D eigenvalue weighted by Crippen LogP contribution is -2.04. The van der Waals surface area contributed by atoms with Gasteiger partial charge >= 0.3 is 0 Å². The van der Waals surface area contributed by atoms with E-state index in [1.54, 1.807) is 0 Å². The Morgan fingerprint density at radius 2 is 1.57 bits per heavy atom. The molecule has 0 saturated carbocycles. The Hall–Kier alpha value is -0.480. The fourth-order valence-electron chi connectivity index (χ4n) is 0.885. The molecule has 1 atom stereocenters. The summed E-state index contributed by atoms with van der Waals surface area (Å²) < 4.78 is 49.4. The van der Waals surface area contributed by atoms with Gasteiger partial charge in [-0.25, -0.2) is 17.6 Å². The standard InChI is InChI=1S/C8H4Cl2F4/c9-4-2-6(12)5(11)1-3(4)7(10)8(13)14/h1-2,7-8H. The molecule has 0 heterocycles. The van der Waals surface area contributed by atoms with Crippen LogP contribution in [0.1, 0.15) is 10.9 Å². The Morgan fingerprint density at radius 3 is 2.07 bits per heavy atom. The zero-order chi connectivity index (χ0) is 10.9. The fraction of sp³-hybridized carbons (Fsp3) is 0.250. The van der Waals surface area contributed by atoms with Gasteiger partial charge in [-0.3, -0.25) is 0 Å². The third-order valence-electron chi connectivity index (χ3n) is 1.56. The van der Waals surface area contributed by atoms with Gasteiger partial charge in [-0.15, -0.1) is 11.6 Å². The molecule has 0 fully saturated rings. The quantitative estimate of drug-likeness (QED) is 0.418. The largest absolute Gasteiger partial charge is 0.258 e. The van der Waals surface area contributed by atoms with Gasteiger partial charge in [0.2, 0.25) is 0 Å². The highest BCUT2D eigenvalue weighted by Crippen LogP contribution is 2.33. The minimum atomic E-state index is -2.89. The lowest BCUT2D eigenvalue weighted by atomic mass is 10.1. The number of hydrogen-bond acceptors (Lipinski definition) is 0. The smallest absolute Gasteiger partial charge is 0.208 e. The summed E-state index contributed by atoms with van der Waals surface area (Å²) in [6, 6.07) is 1.19. The van der Waals surface area contributed by atoms with Crippen molar-refractivity contribution in [3.63, 3.8) is 0 Å². The van der Waals surface area contributed by atoms with Crippen molar-refractivity contribution >= 4 is 23.2 Å². The zero-order valence-electron chi connectivity index (χ0n) is 6.58. The second-order valence-electron chi connectivity index (χ2n) is 2.52. The summed E-state index contributed by atoms with van der Waals surface area (Å²) in [6.45, 7) is 0. The summed E-state index contributed by atoms with van der Waals surface area (Å²) in [5.41, 5.74) is -0.317. The van der Waals surface area contributed by atoms with Crippen LogP contribution < -0.4 is 0 Å². The second-order valence-corrected chi connectivity index (χ2v) is 3.40. The minimum Gasteiger partial charge on any atom is -0.208 e. The molecule has 0 amide bonds. The molecular formula is C8H4Cl2F4. The molecule has 6 heteroatoms. The van der Waals surface area contributed by atoms with E-state index in [-0.39, 0.29) is 10.6 Å². The molecule has 0 nitrogen and oxygen atoms in total. The van der Waals surface area contributed by atoms with Crippen molar-refractivity contribution in [2.45, 2.75) is 11.8 Å². The molecule has 0 saturated heterocycles. The third-order valence-corrected chi connectivity index (χ3v) is 2.31. The maximum atomic E-state index is 12.6. The predicted octanol–water partition coefficient (Wildman–Crippen LogP) is 4.16. The van der Waals surface area contributed by atoms with E-state index in [0.29, 0.717) is 12.1 Å². The van der Waals surface area contributed by atoms with Crippen LogP contribution in [0.2, 0.25) is 5.02 Å².